The minimum Gasteiger partial charge on any atom is -0.362 e. The van der Waals surface area contributed by atoms with Crippen LogP contribution in [0.2, 0.25) is 0 Å². The van der Waals surface area contributed by atoms with Crippen molar-refractivity contribution in [3.05, 3.63) is 47.8 Å². The largest absolute Gasteiger partial charge is 0.362 e. The highest BCUT2D eigenvalue weighted by Gasteiger charge is 2.27. The molecule has 1 aromatic heterocycles. The molecular weight excluding hydrogens is 266 g/mol. The molecule has 0 spiro atoms. The molecule has 0 unspecified atom stereocenters. The zero-order valence-electron chi connectivity index (χ0n) is 11.1. The number of benzene rings is 1. The van der Waals surface area contributed by atoms with Crippen LogP contribution >= 0.6 is 12.2 Å². The first-order valence-electron chi connectivity index (χ1n) is 6.94. The van der Waals surface area contributed by atoms with E-state index in [0.29, 0.717) is 0 Å². The number of rotatable bonds is 1. The van der Waals surface area contributed by atoms with Gasteiger partial charge in [-0.15, -0.1) is 0 Å². The highest BCUT2D eigenvalue weighted by molar-refractivity contribution is 7.80. The van der Waals surface area contributed by atoms with Crippen LogP contribution in [0, 0.1) is 0 Å². The maximum absolute atomic E-state index is 5.45. The first-order chi connectivity index (χ1) is 9.83. The number of thiocarbonyl (C=S) groups is 1. The first-order valence-corrected chi connectivity index (χ1v) is 7.35. The maximum Gasteiger partial charge on any atom is 0.173 e. The molecule has 4 heteroatoms. The summed E-state index contributed by atoms with van der Waals surface area (Å²) >= 11 is 5.45. The Labute approximate surface area is 123 Å². The van der Waals surface area contributed by atoms with Gasteiger partial charge in [-0.2, -0.15) is 0 Å². The van der Waals surface area contributed by atoms with Gasteiger partial charge in [-0.1, -0.05) is 6.07 Å². The summed E-state index contributed by atoms with van der Waals surface area (Å²) < 4.78 is 0. The highest BCUT2D eigenvalue weighted by atomic mass is 32.1. The second-order valence-electron chi connectivity index (χ2n) is 5.27. The molecule has 1 aromatic carbocycles. The van der Waals surface area contributed by atoms with Crippen LogP contribution in [0.25, 0.3) is 11.1 Å². The van der Waals surface area contributed by atoms with Crippen LogP contribution in [0.15, 0.2) is 36.7 Å². The fraction of sp³-hybridized carbons (Fsp3) is 0.250. The minimum absolute atomic E-state index is 0.872. The molecule has 2 aromatic rings. The summed E-state index contributed by atoms with van der Waals surface area (Å²) in [5.74, 6) is 0. The van der Waals surface area contributed by atoms with Gasteiger partial charge in [-0.25, -0.2) is 0 Å². The molecule has 0 amide bonds. The van der Waals surface area contributed by atoms with Crippen molar-refractivity contribution in [1.82, 2.24) is 10.3 Å². The lowest BCUT2D eigenvalue weighted by Crippen LogP contribution is -2.37. The van der Waals surface area contributed by atoms with Gasteiger partial charge < -0.3 is 10.2 Å². The Kier molecular flexibility index (Phi) is 2.70. The monoisotopic (exact) mass is 281 g/mol. The van der Waals surface area contributed by atoms with Crippen molar-refractivity contribution < 1.29 is 0 Å². The summed E-state index contributed by atoms with van der Waals surface area (Å²) in [6.07, 6.45) is 5.84. The van der Waals surface area contributed by atoms with Gasteiger partial charge in [0.05, 0.1) is 0 Å². The van der Waals surface area contributed by atoms with E-state index in [2.05, 4.69) is 33.4 Å². The molecule has 0 aliphatic carbocycles. The lowest BCUT2D eigenvalue weighted by atomic mass is 9.97. The molecule has 2 aliphatic heterocycles. The van der Waals surface area contributed by atoms with Crippen molar-refractivity contribution in [2.45, 2.75) is 12.8 Å². The summed E-state index contributed by atoms with van der Waals surface area (Å²) in [6.45, 7) is 1.91. The Morgan fingerprint density at radius 2 is 2.00 bits per heavy atom. The molecule has 0 bridgehead atoms. The van der Waals surface area contributed by atoms with E-state index in [1.807, 2.05) is 18.5 Å². The van der Waals surface area contributed by atoms with Crippen LogP contribution in [0.3, 0.4) is 0 Å². The Balaban J connectivity index is 1.88. The van der Waals surface area contributed by atoms with E-state index in [1.165, 1.54) is 27.9 Å². The van der Waals surface area contributed by atoms with Crippen molar-refractivity contribution in [2.24, 2.45) is 0 Å². The predicted octanol–water partition coefficient (Wildman–Crippen LogP) is 2.54. The van der Waals surface area contributed by atoms with Crippen molar-refractivity contribution in [2.75, 3.05) is 18.0 Å². The summed E-state index contributed by atoms with van der Waals surface area (Å²) in [5.41, 5.74) is 6.59. The number of aromatic nitrogens is 1. The second-order valence-corrected chi connectivity index (χ2v) is 5.66. The van der Waals surface area contributed by atoms with Crippen molar-refractivity contribution in [3.8, 4) is 11.1 Å². The van der Waals surface area contributed by atoms with Gasteiger partial charge >= 0.3 is 0 Å². The smallest absolute Gasteiger partial charge is 0.173 e. The van der Waals surface area contributed by atoms with Gasteiger partial charge in [-0.3, -0.25) is 4.98 Å². The third-order valence-electron chi connectivity index (χ3n) is 4.05. The third-order valence-corrected chi connectivity index (χ3v) is 4.42. The number of pyridine rings is 1. The van der Waals surface area contributed by atoms with Crippen molar-refractivity contribution >= 4 is 23.0 Å². The van der Waals surface area contributed by atoms with Crippen LogP contribution in [-0.4, -0.2) is 23.2 Å². The molecule has 20 heavy (non-hydrogen) atoms. The number of nitrogens with zero attached hydrogens (tertiary/aromatic N) is 2. The average molecular weight is 281 g/mol. The zero-order chi connectivity index (χ0) is 13.5. The van der Waals surface area contributed by atoms with Gasteiger partial charge in [-0.05, 0) is 59.9 Å². The highest BCUT2D eigenvalue weighted by Crippen LogP contribution is 2.37. The Bertz CT molecular complexity index is 682. The number of nitrogens with one attached hydrogen (secondary N) is 1. The number of hydrogen-bond donors (Lipinski definition) is 1. The molecular formula is C16H15N3S. The zero-order valence-corrected chi connectivity index (χ0v) is 11.9. The normalized spacial score (nSPS) is 16.6. The molecule has 3 nitrogen and oxygen atoms in total. The minimum atomic E-state index is 0.872. The van der Waals surface area contributed by atoms with E-state index < -0.39 is 0 Å². The molecule has 1 N–H and O–H groups in total. The average Bonchev–Trinajstić information content (AvgIpc) is 2.84. The summed E-state index contributed by atoms with van der Waals surface area (Å²) in [5, 5.41) is 4.20. The van der Waals surface area contributed by atoms with Crippen LogP contribution in [-0.2, 0) is 12.8 Å². The van der Waals surface area contributed by atoms with Crippen molar-refractivity contribution in [3.63, 3.8) is 0 Å². The molecule has 2 aliphatic rings. The second kappa shape index (κ2) is 4.56. The van der Waals surface area contributed by atoms with Gasteiger partial charge in [0.1, 0.15) is 0 Å². The SMILES string of the molecule is S=C1NCCc2cc(-c3cccnc3)cc3c2N1CC3. The number of hydrogen-bond acceptors (Lipinski definition) is 2. The summed E-state index contributed by atoms with van der Waals surface area (Å²) in [4.78, 5) is 6.48. The quantitative estimate of drug-likeness (QED) is 0.813. The molecule has 3 heterocycles. The Morgan fingerprint density at radius 1 is 1.15 bits per heavy atom. The molecule has 0 fully saturated rings. The van der Waals surface area contributed by atoms with E-state index in [9.17, 15) is 0 Å². The topological polar surface area (TPSA) is 28.2 Å². The van der Waals surface area contributed by atoms with E-state index in [0.717, 1.165) is 31.0 Å². The number of anilines is 1. The van der Waals surface area contributed by atoms with Crippen LogP contribution in [0.5, 0.6) is 0 Å². The van der Waals surface area contributed by atoms with Crippen molar-refractivity contribution in [1.29, 1.82) is 0 Å². The molecule has 0 atom stereocenters. The maximum atomic E-state index is 5.45. The Morgan fingerprint density at radius 3 is 2.80 bits per heavy atom. The van der Waals surface area contributed by atoms with E-state index in [1.54, 1.807) is 0 Å². The Hall–Kier alpha value is -1.94. The third kappa shape index (κ3) is 1.79. The van der Waals surface area contributed by atoms with Crippen LogP contribution in [0.4, 0.5) is 5.69 Å². The van der Waals surface area contributed by atoms with Crippen LogP contribution < -0.4 is 10.2 Å². The lowest BCUT2D eigenvalue weighted by molar-refractivity contribution is 0.875. The van der Waals surface area contributed by atoms with Gasteiger partial charge in [0, 0.05) is 36.7 Å². The summed E-state index contributed by atoms with van der Waals surface area (Å²) in [7, 11) is 0. The lowest BCUT2D eigenvalue weighted by Gasteiger charge is -2.19. The van der Waals surface area contributed by atoms with Gasteiger partial charge in [0.15, 0.2) is 5.11 Å². The van der Waals surface area contributed by atoms with E-state index in [4.69, 9.17) is 12.2 Å². The van der Waals surface area contributed by atoms with E-state index in [-0.39, 0.29) is 0 Å². The fourth-order valence-electron chi connectivity index (χ4n) is 3.13. The van der Waals surface area contributed by atoms with E-state index >= 15 is 0 Å². The standard InChI is InChI=1S/C16H15N3S/c20-16-18-6-3-11-8-14(13-2-1-5-17-10-13)9-12-4-7-19(16)15(11)12/h1-2,5,8-10H,3-4,6-7H2,(H,18,20). The molecule has 100 valence electrons. The molecule has 0 saturated heterocycles. The van der Waals surface area contributed by atoms with Crippen LogP contribution in [0.1, 0.15) is 11.1 Å². The summed E-state index contributed by atoms with van der Waals surface area (Å²) in [6, 6.07) is 8.70. The molecule has 0 saturated carbocycles. The fourth-order valence-corrected chi connectivity index (χ4v) is 3.42. The predicted molar refractivity (Wildman–Crippen MR) is 85.0 cm³/mol. The first kappa shape index (κ1) is 11.9. The molecule has 4 rings (SSSR count). The van der Waals surface area contributed by atoms with Gasteiger partial charge in [0.2, 0.25) is 0 Å². The van der Waals surface area contributed by atoms with Gasteiger partial charge in [0.25, 0.3) is 0 Å². The molecule has 0 radical (unpaired) electrons.